The van der Waals surface area contributed by atoms with Crippen molar-refractivity contribution >= 4 is 0 Å². The molecule has 0 aliphatic heterocycles. The highest BCUT2D eigenvalue weighted by atomic mass is 19.1. The number of rotatable bonds is 9. The van der Waals surface area contributed by atoms with Gasteiger partial charge in [-0.05, 0) is 32.9 Å². The summed E-state index contributed by atoms with van der Waals surface area (Å²) in [5.41, 5.74) is 0.376. The molecule has 0 bridgehead atoms. The molecule has 0 aliphatic carbocycles. The molecule has 1 aromatic carbocycles. The summed E-state index contributed by atoms with van der Waals surface area (Å²) in [7, 11) is 1.69. The van der Waals surface area contributed by atoms with Crippen LogP contribution in [0.1, 0.15) is 38.9 Å². The Morgan fingerprint density at radius 1 is 1.30 bits per heavy atom. The Labute approximate surface area is 121 Å². The van der Waals surface area contributed by atoms with Crippen molar-refractivity contribution in [2.24, 2.45) is 0 Å². The van der Waals surface area contributed by atoms with Crippen LogP contribution >= 0.6 is 0 Å². The van der Waals surface area contributed by atoms with Crippen LogP contribution in [-0.2, 0) is 9.47 Å². The van der Waals surface area contributed by atoms with Crippen LogP contribution in [-0.4, -0.2) is 32.4 Å². The van der Waals surface area contributed by atoms with Crippen molar-refractivity contribution in [1.29, 1.82) is 0 Å². The summed E-state index contributed by atoms with van der Waals surface area (Å²) in [5.74, 6) is -0.221. The van der Waals surface area contributed by atoms with Gasteiger partial charge in [0.25, 0.3) is 0 Å². The lowest BCUT2D eigenvalue weighted by atomic mass is 10.1. The lowest BCUT2D eigenvalue weighted by Crippen LogP contribution is -2.28. The molecule has 1 aromatic rings. The maximum atomic E-state index is 13.9. The predicted molar refractivity (Wildman–Crippen MR) is 79.3 cm³/mol. The maximum Gasteiger partial charge on any atom is 0.129 e. The number of methoxy groups -OCH3 is 1. The van der Waals surface area contributed by atoms with E-state index in [0.717, 1.165) is 13.0 Å². The molecule has 1 rings (SSSR count). The highest BCUT2D eigenvalue weighted by molar-refractivity contribution is 5.20. The van der Waals surface area contributed by atoms with Crippen LogP contribution in [0.15, 0.2) is 24.3 Å². The summed E-state index contributed by atoms with van der Waals surface area (Å²) in [5, 5.41) is 3.21. The molecule has 1 N–H and O–H groups in total. The Hall–Kier alpha value is -0.970. The second-order valence-electron chi connectivity index (χ2n) is 5.40. The normalized spacial score (nSPS) is 13.4. The molecule has 0 aromatic heterocycles. The molecule has 0 aliphatic rings. The van der Waals surface area contributed by atoms with Crippen LogP contribution in [0.25, 0.3) is 0 Å². The van der Waals surface area contributed by atoms with E-state index in [-0.39, 0.29) is 17.5 Å². The number of hydrogen-bond acceptors (Lipinski definition) is 3. The standard InChI is InChI=1S/C16H26FNO2/c1-5-18-12-15(13-8-6-7-9-14(13)17)20-11-10-16(2,3)19-4/h6-9,15,18H,5,10-12H2,1-4H3. The van der Waals surface area contributed by atoms with Gasteiger partial charge in [-0.25, -0.2) is 4.39 Å². The maximum absolute atomic E-state index is 13.9. The number of nitrogens with one attached hydrogen (secondary N) is 1. The summed E-state index contributed by atoms with van der Waals surface area (Å²) >= 11 is 0. The summed E-state index contributed by atoms with van der Waals surface area (Å²) in [4.78, 5) is 0. The van der Waals surface area contributed by atoms with Gasteiger partial charge in [-0.1, -0.05) is 25.1 Å². The third-order valence-electron chi connectivity index (χ3n) is 3.41. The zero-order chi connectivity index (χ0) is 15.0. The molecule has 114 valence electrons. The second kappa shape index (κ2) is 8.35. The van der Waals surface area contributed by atoms with E-state index in [9.17, 15) is 4.39 Å². The van der Waals surface area contributed by atoms with Gasteiger partial charge in [0.2, 0.25) is 0 Å². The smallest absolute Gasteiger partial charge is 0.129 e. The van der Waals surface area contributed by atoms with E-state index in [4.69, 9.17) is 9.47 Å². The third kappa shape index (κ3) is 5.57. The lowest BCUT2D eigenvalue weighted by molar-refractivity contribution is -0.0277. The molecular formula is C16H26FNO2. The van der Waals surface area contributed by atoms with Crippen LogP contribution in [0.5, 0.6) is 0 Å². The van der Waals surface area contributed by atoms with Gasteiger partial charge in [-0.2, -0.15) is 0 Å². The minimum atomic E-state index is -0.274. The molecule has 0 amide bonds. The Bertz CT molecular complexity index is 396. The van der Waals surface area contributed by atoms with Gasteiger partial charge in [0, 0.05) is 19.2 Å². The first-order valence-corrected chi connectivity index (χ1v) is 7.12. The van der Waals surface area contributed by atoms with Gasteiger partial charge in [0.15, 0.2) is 0 Å². The molecular weight excluding hydrogens is 257 g/mol. The highest BCUT2D eigenvalue weighted by Crippen LogP contribution is 2.22. The summed E-state index contributed by atoms with van der Waals surface area (Å²) in [6.45, 7) is 8.01. The van der Waals surface area contributed by atoms with Crippen LogP contribution in [0.2, 0.25) is 0 Å². The lowest BCUT2D eigenvalue weighted by Gasteiger charge is -2.25. The summed E-state index contributed by atoms with van der Waals surface area (Å²) in [6.07, 6.45) is 0.490. The number of ether oxygens (including phenoxy) is 2. The van der Waals surface area contributed by atoms with E-state index in [0.29, 0.717) is 18.7 Å². The number of halogens is 1. The molecule has 20 heavy (non-hydrogen) atoms. The molecule has 1 unspecified atom stereocenters. The fraction of sp³-hybridized carbons (Fsp3) is 0.625. The van der Waals surface area contributed by atoms with E-state index in [1.165, 1.54) is 6.07 Å². The van der Waals surface area contributed by atoms with E-state index < -0.39 is 0 Å². The molecule has 0 fully saturated rings. The van der Waals surface area contributed by atoms with Crippen molar-refractivity contribution in [2.75, 3.05) is 26.8 Å². The minimum absolute atomic E-state index is 0.221. The largest absolute Gasteiger partial charge is 0.379 e. The van der Waals surface area contributed by atoms with E-state index >= 15 is 0 Å². The molecule has 1 atom stereocenters. The third-order valence-corrected chi connectivity index (χ3v) is 3.41. The van der Waals surface area contributed by atoms with Crippen molar-refractivity contribution in [1.82, 2.24) is 5.32 Å². The Morgan fingerprint density at radius 2 is 2.00 bits per heavy atom. The van der Waals surface area contributed by atoms with Crippen LogP contribution in [0.4, 0.5) is 4.39 Å². The topological polar surface area (TPSA) is 30.5 Å². The van der Waals surface area contributed by atoms with Gasteiger partial charge in [0.05, 0.1) is 18.3 Å². The molecule has 0 saturated carbocycles. The fourth-order valence-corrected chi connectivity index (χ4v) is 1.82. The average Bonchev–Trinajstić information content (AvgIpc) is 2.43. The number of benzene rings is 1. The van der Waals surface area contributed by atoms with Gasteiger partial charge in [-0.3, -0.25) is 0 Å². The van der Waals surface area contributed by atoms with Crippen LogP contribution in [0.3, 0.4) is 0 Å². The van der Waals surface area contributed by atoms with E-state index in [1.54, 1.807) is 19.2 Å². The van der Waals surface area contributed by atoms with Crippen LogP contribution < -0.4 is 5.32 Å². The SMILES string of the molecule is CCNCC(OCCC(C)(C)OC)c1ccccc1F. The first-order valence-electron chi connectivity index (χ1n) is 7.12. The highest BCUT2D eigenvalue weighted by Gasteiger charge is 2.19. The first kappa shape index (κ1) is 17.1. The quantitative estimate of drug-likeness (QED) is 0.754. The Morgan fingerprint density at radius 3 is 2.60 bits per heavy atom. The summed E-state index contributed by atoms with van der Waals surface area (Å²) in [6, 6.07) is 6.77. The Kier molecular flexibility index (Phi) is 7.13. The number of hydrogen-bond donors (Lipinski definition) is 1. The summed E-state index contributed by atoms with van der Waals surface area (Å²) < 4.78 is 25.1. The molecule has 4 heteroatoms. The van der Waals surface area contributed by atoms with Gasteiger partial charge >= 0.3 is 0 Å². The number of likely N-dealkylation sites (N-methyl/N-ethyl adjacent to an activating group) is 1. The van der Waals surface area contributed by atoms with Crippen LogP contribution in [0, 0.1) is 5.82 Å². The molecule has 0 heterocycles. The van der Waals surface area contributed by atoms with Crippen molar-refractivity contribution in [2.45, 2.75) is 38.9 Å². The van der Waals surface area contributed by atoms with Crippen molar-refractivity contribution in [3.05, 3.63) is 35.6 Å². The molecule has 0 saturated heterocycles. The van der Waals surface area contributed by atoms with Gasteiger partial charge in [0.1, 0.15) is 5.82 Å². The zero-order valence-electron chi connectivity index (χ0n) is 12.9. The van der Waals surface area contributed by atoms with Crippen molar-refractivity contribution in [3.63, 3.8) is 0 Å². The fourth-order valence-electron chi connectivity index (χ4n) is 1.82. The molecule has 3 nitrogen and oxygen atoms in total. The minimum Gasteiger partial charge on any atom is -0.379 e. The van der Waals surface area contributed by atoms with Crippen molar-refractivity contribution < 1.29 is 13.9 Å². The Balaban J connectivity index is 2.63. The molecule has 0 radical (unpaired) electrons. The van der Waals surface area contributed by atoms with E-state index in [1.807, 2.05) is 26.8 Å². The average molecular weight is 283 g/mol. The van der Waals surface area contributed by atoms with Gasteiger partial charge in [-0.15, -0.1) is 0 Å². The monoisotopic (exact) mass is 283 g/mol. The molecule has 0 spiro atoms. The second-order valence-corrected chi connectivity index (χ2v) is 5.40. The first-order chi connectivity index (χ1) is 9.50. The van der Waals surface area contributed by atoms with Gasteiger partial charge < -0.3 is 14.8 Å². The van der Waals surface area contributed by atoms with E-state index in [2.05, 4.69) is 5.32 Å². The predicted octanol–water partition coefficient (Wildman–Crippen LogP) is 3.31. The van der Waals surface area contributed by atoms with Crippen molar-refractivity contribution in [3.8, 4) is 0 Å². The zero-order valence-corrected chi connectivity index (χ0v) is 12.9.